The summed E-state index contributed by atoms with van der Waals surface area (Å²) in [5, 5.41) is 4.93. The number of hydrogen-bond donors (Lipinski definition) is 1. The van der Waals surface area contributed by atoms with Crippen LogP contribution in [0.3, 0.4) is 0 Å². The fourth-order valence-electron chi connectivity index (χ4n) is 1.62. The highest BCUT2D eigenvalue weighted by molar-refractivity contribution is 7.11. The number of ether oxygens (including phenoxy) is 1. The molecule has 0 aliphatic carbocycles. The predicted octanol–water partition coefficient (Wildman–Crippen LogP) is 2.22. The van der Waals surface area contributed by atoms with Crippen molar-refractivity contribution in [2.75, 3.05) is 19.8 Å². The van der Waals surface area contributed by atoms with Crippen LogP contribution in [0.5, 0.6) is 0 Å². The van der Waals surface area contributed by atoms with Crippen LogP contribution in [0.2, 0.25) is 0 Å². The Labute approximate surface area is 105 Å². The van der Waals surface area contributed by atoms with Crippen molar-refractivity contribution in [3.05, 3.63) is 28.0 Å². The van der Waals surface area contributed by atoms with Crippen molar-refractivity contribution < 1.29 is 9.53 Å². The number of carbonyl (C=O) groups is 1. The first-order valence-corrected chi connectivity index (χ1v) is 6.55. The van der Waals surface area contributed by atoms with E-state index in [1.807, 2.05) is 18.4 Å². The Morgan fingerprint density at radius 3 is 2.94 bits per heavy atom. The lowest BCUT2D eigenvalue weighted by Crippen LogP contribution is -2.48. The molecule has 0 spiro atoms. The van der Waals surface area contributed by atoms with E-state index in [4.69, 9.17) is 4.74 Å². The Balaban J connectivity index is 1.81. The predicted molar refractivity (Wildman–Crippen MR) is 70.0 cm³/mol. The summed E-state index contributed by atoms with van der Waals surface area (Å²) in [6.07, 6.45) is 3.47. The van der Waals surface area contributed by atoms with E-state index in [0.29, 0.717) is 6.54 Å². The van der Waals surface area contributed by atoms with E-state index in [1.54, 1.807) is 17.4 Å². The van der Waals surface area contributed by atoms with Crippen molar-refractivity contribution in [2.24, 2.45) is 5.41 Å². The maximum absolute atomic E-state index is 11.6. The first-order valence-electron chi connectivity index (χ1n) is 5.67. The minimum atomic E-state index is -0.0362. The Hall–Kier alpha value is -1.13. The van der Waals surface area contributed by atoms with Gasteiger partial charge in [-0.2, -0.15) is 0 Å². The summed E-state index contributed by atoms with van der Waals surface area (Å²) in [4.78, 5) is 12.7. The third-order valence-electron chi connectivity index (χ3n) is 2.88. The van der Waals surface area contributed by atoms with E-state index in [2.05, 4.69) is 18.3 Å². The van der Waals surface area contributed by atoms with Crippen LogP contribution in [-0.4, -0.2) is 25.7 Å². The standard InChI is InChI=1S/C13H17NO2S/c1-10-5-6-17-11(10)3-4-12(15)14-7-13(2)8-16-9-13/h3-6H,7-9H2,1-2H3,(H,14,15). The first kappa shape index (κ1) is 12.3. The van der Waals surface area contributed by atoms with Gasteiger partial charge in [0.25, 0.3) is 0 Å². The normalized spacial score (nSPS) is 18.0. The summed E-state index contributed by atoms with van der Waals surface area (Å²) < 4.78 is 5.14. The molecule has 1 fully saturated rings. The van der Waals surface area contributed by atoms with Gasteiger partial charge >= 0.3 is 0 Å². The zero-order chi connectivity index (χ0) is 12.3. The van der Waals surface area contributed by atoms with Gasteiger partial charge in [0.1, 0.15) is 0 Å². The van der Waals surface area contributed by atoms with Crippen molar-refractivity contribution >= 4 is 23.3 Å². The molecule has 0 radical (unpaired) electrons. The Morgan fingerprint density at radius 1 is 1.65 bits per heavy atom. The fraction of sp³-hybridized carbons (Fsp3) is 0.462. The van der Waals surface area contributed by atoms with Crippen LogP contribution < -0.4 is 5.32 Å². The third kappa shape index (κ3) is 3.17. The van der Waals surface area contributed by atoms with Crippen LogP contribution in [0.25, 0.3) is 6.08 Å². The van der Waals surface area contributed by atoms with E-state index in [9.17, 15) is 4.79 Å². The molecule has 4 heteroatoms. The van der Waals surface area contributed by atoms with Crippen LogP contribution in [0, 0.1) is 12.3 Å². The molecule has 0 unspecified atom stereocenters. The molecule has 2 heterocycles. The van der Waals surface area contributed by atoms with Crippen LogP contribution in [0.4, 0.5) is 0 Å². The number of carbonyl (C=O) groups excluding carboxylic acids is 1. The van der Waals surface area contributed by atoms with Crippen molar-refractivity contribution in [1.82, 2.24) is 5.32 Å². The summed E-state index contributed by atoms with van der Waals surface area (Å²) in [6, 6.07) is 2.05. The molecular weight excluding hydrogens is 234 g/mol. The molecule has 1 aromatic heterocycles. The second kappa shape index (κ2) is 5.02. The lowest BCUT2D eigenvalue weighted by atomic mass is 9.89. The van der Waals surface area contributed by atoms with Gasteiger partial charge in [-0.25, -0.2) is 0 Å². The average molecular weight is 251 g/mol. The first-order chi connectivity index (χ1) is 8.09. The van der Waals surface area contributed by atoms with Crippen molar-refractivity contribution in [3.63, 3.8) is 0 Å². The Bertz CT molecular complexity index is 432. The van der Waals surface area contributed by atoms with E-state index in [0.717, 1.165) is 18.1 Å². The molecule has 2 rings (SSSR count). The summed E-state index contributed by atoms with van der Waals surface area (Å²) >= 11 is 1.64. The number of amides is 1. The van der Waals surface area contributed by atoms with Gasteiger partial charge in [-0.1, -0.05) is 6.92 Å². The molecule has 1 aliphatic heterocycles. The summed E-state index contributed by atoms with van der Waals surface area (Å²) in [5.41, 5.74) is 1.33. The second-order valence-electron chi connectivity index (χ2n) is 4.82. The molecule has 0 bridgehead atoms. The van der Waals surface area contributed by atoms with Crippen LogP contribution >= 0.6 is 11.3 Å². The van der Waals surface area contributed by atoms with Crippen LogP contribution in [-0.2, 0) is 9.53 Å². The van der Waals surface area contributed by atoms with Gasteiger partial charge in [-0.15, -0.1) is 11.3 Å². The Kier molecular flexibility index (Phi) is 3.64. The highest BCUT2D eigenvalue weighted by Crippen LogP contribution is 2.25. The molecule has 92 valence electrons. The summed E-state index contributed by atoms with van der Waals surface area (Å²) in [6.45, 7) is 6.31. The van der Waals surface area contributed by atoms with Gasteiger partial charge in [-0.05, 0) is 30.0 Å². The van der Waals surface area contributed by atoms with Crippen molar-refractivity contribution in [3.8, 4) is 0 Å². The zero-order valence-electron chi connectivity index (χ0n) is 10.2. The maximum atomic E-state index is 11.6. The SMILES string of the molecule is Cc1ccsc1C=CC(=O)NCC1(C)COC1. The van der Waals surface area contributed by atoms with Gasteiger partial charge in [0.2, 0.25) is 5.91 Å². The van der Waals surface area contributed by atoms with Gasteiger partial charge in [0.15, 0.2) is 0 Å². The largest absolute Gasteiger partial charge is 0.380 e. The van der Waals surface area contributed by atoms with Crippen LogP contribution in [0.1, 0.15) is 17.4 Å². The molecule has 1 saturated heterocycles. The van der Waals surface area contributed by atoms with Gasteiger partial charge in [0.05, 0.1) is 13.2 Å². The van der Waals surface area contributed by atoms with E-state index < -0.39 is 0 Å². The van der Waals surface area contributed by atoms with Gasteiger partial charge < -0.3 is 10.1 Å². The van der Waals surface area contributed by atoms with Crippen molar-refractivity contribution in [1.29, 1.82) is 0 Å². The minimum Gasteiger partial charge on any atom is -0.380 e. The number of thiophene rings is 1. The molecule has 0 atom stereocenters. The maximum Gasteiger partial charge on any atom is 0.244 e. The molecule has 1 amide bonds. The fourth-order valence-corrected chi connectivity index (χ4v) is 2.44. The van der Waals surface area contributed by atoms with Crippen LogP contribution in [0.15, 0.2) is 17.5 Å². The number of nitrogens with one attached hydrogen (secondary N) is 1. The summed E-state index contributed by atoms with van der Waals surface area (Å²) in [5.74, 6) is -0.0362. The average Bonchev–Trinajstić information content (AvgIpc) is 2.67. The molecule has 1 aliphatic rings. The highest BCUT2D eigenvalue weighted by Gasteiger charge is 2.33. The molecule has 0 saturated carbocycles. The van der Waals surface area contributed by atoms with Gasteiger partial charge in [0, 0.05) is 22.9 Å². The molecule has 1 N–H and O–H groups in total. The highest BCUT2D eigenvalue weighted by atomic mass is 32.1. The Morgan fingerprint density at radius 2 is 2.41 bits per heavy atom. The topological polar surface area (TPSA) is 38.3 Å². The number of hydrogen-bond acceptors (Lipinski definition) is 3. The molecule has 3 nitrogen and oxygen atoms in total. The zero-order valence-corrected chi connectivity index (χ0v) is 11.0. The quantitative estimate of drug-likeness (QED) is 0.833. The smallest absolute Gasteiger partial charge is 0.244 e. The molecular formula is C13H17NO2S. The lowest BCUT2D eigenvalue weighted by molar-refractivity contribution is -0.122. The second-order valence-corrected chi connectivity index (χ2v) is 5.77. The monoisotopic (exact) mass is 251 g/mol. The molecule has 1 aromatic rings. The van der Waals surface area contributed by atoms with Gasteiger partial charge in [-0.3, -0.25) is 4.79 Å². The van der Waals surface area contributed by atoms with E-state index in [-0.39, 0.29) is 11.3 Å². The third-order valence-corrected chi connectivity index (χ3v) is 3.86. The lowest BCUT2D eigenvalue weighted by Gasteiger charge is -2.37. The van der Waals surface area contributed by atoms with E-state index in [1.165, 1.54) is 5.56 Å². The minimum absolute atomic E-state index is 0.0362. The molecule has 17 heavy (non-hydrogen) atoms. The van der Waals surface area contributed by atoms with E-state index >= 15 is 0 Å². The summed E-state index contributed by atoms with van der Waals surface area (Å²) in [7, 11) is 0. The number of rotatable bonds is 4. The number of aryl methyl sites for hydroxylation is 1. The molecule has 0 aromatic carbocycles. The van der Waals surface area contributed by atoms with Crippen molar-refractivity contribution in [2.45, 2.75) is 13.8 Å².